The molecule has 2 aromatic rings. The number of non-ortho nitro benzene ring substituents is 1. The van der Waals surface area contributed by atoms with Gasteiger partial charge in [-0.25, -0.2) is 13.8 Å². The van der Waals surface area contributed by atoms with Gasteiger partial charge in [0.1, 0.15) is 6.04 Å². The van der Waals surface area contributed by atoms with E-state index >= 15 is 0 Å². The number of hydrazone groups is 1. The lowest BCUT2D eigenvalue weighted by atomic mass is 10.1. The van der Waals surface area contributed by atoms with Crippen LogP contribution in [0.15, 0.2) is 58.5 Å². The van der Waals surface area contributed by atoms with Crippen LogP contribution in [0.5, 0.6) is 0 Å². The first-order chi connectivity index (χ1) is 13.6. The summed E-state index contributed by atoms with van der Waals surface area (Å²) in [6, 6.07) is 10.9. The lowest BCUT2D eigenvalue weighted by Crippen LogP contribution is -2.48. The molecule has 0 saturated carbocycles. The molecule has 0 aliphatic carbocycles. The summed E-state index contributed by atoms with van der Waals surface area (Å²) in [7, 11) is -3.90. The van der Waals surface area contributed by atoms with E-state index in [1.54, 1.807) is 32.0 Å². The maximum Gasteiger partial charge on any atom is 0.270 e. The van der Waals surface area contributed by atoms with Crippen LogP contribution in [0, 0.1) is 23.0 Å². The number of nitro benzene ring substituents is 1. The molecule has 9 nitrogen and oxygen atoms in total. The van der Waals surface area contributed by atoms with Crippen LogP contribution < -0.4 is 10.1 Å². The standard InChI is InChI=1S/C19H22N4O5S/c1-13(2)18(22-29(27,28)17-9-7-14(3)8-10-17)19(24)21-20-12-15-5-4-6-16(11-15)23(25)26/h4-13,18,22H,1-3H3,(H,21,24)/b20-12-/t18-/m0/s1. The summed E-state index contributed by atoms with van der Waals surface area (Å²) in [4.78, 5) is 22.8. The molecular weight excluding hydrogens is 396 g/mol. The van der Waals surface area contributed by atoms with Crippen LogP contribution in [0.4, 0.5) is 5.69 Å². The number of hydrogen-bond acceptors (Lipinski definition) is 6. The molecule has 2 N–H and O–H groups in total. The highest BCUT2D eigenvalue weighted by molar-refractivity contribution is 7.89. The third-order valence-electron chi connectivity index (χ3n) is 4.03. The average Bonchev–Trinajstić information content (AvgIpc) is 2.66. The number of nitrogens with one attached hydrogen (secondary N) is 2. The van der Waals surface area contributed by atoms with Gasteiger partial charge in [-0.05, 0) is 25.0 Å². The number of benzene rings is 2. The molecule has 1 amide bonds. The van der Waals surface area contributed by atoms with Crippen LogP contribution in [0.3, 0.4) is 0 Å². The zero-order valence-corrected chi connectivity index (χ0v) is 17.0. The Labute approximate surface area is 169 Å². The summed E-state index contributed by atoms with van der Waals surface area (Å²) in [6.07, 6.45) is 1.25. The minimum Gasteiger partial charge on any atom is -0.271 e. The van der Waals surface area contributed by atoms with E-state index in [1.165, 1.54) is 36.5 Å². The van der Waals surface area contributed by atoms with Crippen molar-refractivity contribution in [3.05, 3.63) is 69.8 Å². The van der Waals surface area contributed by atoms with Crippen molar-refractivity contribution in [2.45, 2.75) is 31.7 Å². The number of hydrogen-bond donors (Lipinski definition) is 2. The molecule has 0 unspecified atom stereocenters. The maximum atomic E-state index is 12.6. The minimum atomic E-state index is -3.90. The number of amides is 1. The highest BCUT2D eigenvalue weighted by atomic mass is 32.2. The molecule has 2 aromatic carbocycles. The molecule has 2 rings (SSSR count). The summed E-state index contributed by atoms with van der Waals surface area (Å²) in [5.41, 5.74) is 3.50. The molecule has 0 spiro atoms. The first kappa shape index (κ1) is 22.2. The lowest BCUT2D eigenvalue weighted by Gasteiger charge is -2.20. The fourth-order valence-corrected chi connectivity index (χ4v) is 3.75. The Hall–Kier alpha value is -3.11. The van der Waals surface area contributed by atoms with Crippen LogP contribution in [0.2, 0.25) is 0 Å². The lowest BCUT2D eigenvalue weighted by molar-refractivity contribution is -0.384. The van der Waals surface area contributed by atoms with Crippen LogP contribution >= 0.6 is 0 Å². The van der Waals surface area contributed by atoms with Crippen molar-refractivity contribution in [3.8, 4) is 0 Å². The van der Waals surface area contributed by atoms with Crippen LogP contribution in [0.1, 0.15) is 25.0 Å². The maximum absolute atomic E-state index is 12.6. The first-order valence-electron chi connectivity index (χ1n) is 8.76. The van der Waals surface area contributed by atoms with Crippen molar-refractivity contribution in [1.82, 2.24) is 10.1 Å². The summed E-state index contributed by atoms with van der Waals surface area (Å²) in [5.74, 6) is -0.986. The van der Waals surface area contributed by atoms with Gasteiger partial charge in [-0.1, -0.05) is 43.7 Å². The molecule has 10 heteroatoms. The Bertz CT molecular complexity index is 1020. The number of carbonyl (C=O) groups excluding carboxylic acids is 1. The molecule has 0 aliphatic heterocycles. The molecule has 1 atom stereocenters. The number of aryl methyl sites for hydroxylation is 1. The van der Waals surface area contributed by atoms with E-state index < -0.39 is 26.9 Å². The van der Waals surface area contributed by atoms with Gasteiger partial charge in [-0.3, -0.25) is 14.9 Å². The highest BCUT2D eigenvalue weighted by Crippen LogP contribution is 2.13. The molecule has 0 heterocycles. The van der Waals surface area contributed by atoms with Gasteiger partial charge < -0.3 is 0 Å². The number of nitro groups is 1. The Morgan fingerprint density at radius 3 is 2.41 bits per heavy atom. The Kier molecular flexibility index (Phi) is 7.18. The highest BCUT2D eigenvalue weighted by Gasteiger charge is 2.28. The molecule has 0 fully saturated rings. The number of rotatable bonds is 8. The van der Waals surface area contributed by atoms with Crippen LogP contribution in [-0.2, 0) is 14.8 Å². The van der Waals surface area contributed by atoms with Crippen LogP contribution in [0.25, 0.3) is 0 Å². The molecule has 0 aromatic heterocycles. The topological polar surface area (TPSA) is 131 Å². The van der Waals surface area contributed by atoms with Gasteiger partial charge in [-0.15, -0.1) is 0 Å². The summed E-state index contributed by atoms with van der Waals surface area (Å²) < 4.78 is 27.5. The van der Waals surface area contributed by atoms with Crippen molar-refractivity contribution >= 4 is 27.8 Å². The molecule has 154 valence electrons. The molecule has 0 saturated heterocycles. The van der Waals surface area contributed by atoms with Gasteiger partial charge >= 0.3 is 0 Å². The van der Waals surface area contributed by atoms with Gasteiger partial charge in [-0.2, -0.15) is 9.82 Å². The van der Waals surface area contributed by atoms with E-state index in [0.717, 1.165) is 5.56 Å². The van der Waals surface area contributed by atoms with Crippen molar-refractivity contribution < 1.29 is 18.1 Å². The largest absolute Gasteiger partial charge is 0.271 e. The number of carbonyl (C=O) groups is 1. The second-order valence-corrected chi connectivity index (χ2v) is 8.46. The zero-order chi connectivity index (χ0) is 21.6. The normalized spacial score (nSPS) is 12.8. The summed E-state index contributed by atoms with van der Waals surface area (Å²) in [5, 5.41) is 14.6. The van der Waals surface area contributed by atoms with Crippen molar-refractivity contribution in [2.24, 2.45) is 11.0 Å². The predicted molar refractivity (Wildman–Crippen MR) is 109 cm³/mol. The van der Waals surface area contributed by atoms with Gasteiger partial charge in [0.05, 0.1) is 16.0 Å². The quantitative estimate of drug-likeness (QED) is 0.386. The second kappa shape index (κ2) is 9.39. The third-order valence-corrected chi connectivity index (χ3v) is 5.49. The van der Waals surface area contributed by atoms with Crippen LogP contribution in [-0.4, -0.2) is 31.5 Å². The van der Waals surface area contributed by atoms with Crippen molar-refractivity contribution in [2.75, 3.05) is 0 Å². The van der Waals surface area contributed by atoms with E-state index in [-0.39, 0.29) is 16.5 Å². The molecule has 29 heavy (non-hydrogen) atoms. The fraction of sp³-hybridized carbons (Fsp3) is 0.263. The second-order valence-electron chi connectivity index (χ2n) is 6.74. The van der Waals surface area contributed by atoms with E-state index in [2.05, 4.69) is 15.2 Å². The van der Waals surface area contributed by atoms with E-state index in [1.807, 2.05) is 6.92 Å². The molecule has 0 aliphatic rings. The number of sulfonamides is 1. The zero-order valence-electron chi connectivity index (χ0n) is 16.2. The summed E-state index contributed by atoms with van der Waals surface area (Å²) >= 11 is 0. The summed E-state index contributed by atoms with van der Waals surface area (Å²) in [6.45, 7) is 5.24. The SMILES string of the molecule is Cc1ccc(S(=O)(=O)N[C@H](C(=O)N/N=C\c2cccc([N+](=O)[O-])c2)C(C)C)cc1. The van der Waals surface area contributed by atoms with E-state index in [9.17, 15) is 23.3 Å². The molecule has 0 radical (unpaired) electrons. The van der Waals surface area contributed by atoms with Gasteiger partial charge in [0, 0.05) is 17.7 Å². The van der Waals surface area contributed by atoms with Gasteiger partial charge in [0.25, 0.3) is 11.6 Å². The molecular formula is C19H22N4O5S. The fourth-order valence-electron chi connectivity index (χ4n) is 2.40. The van der Waals surface area contributed by atoms with Gasteiger partial charge in [0.15, 0.2) is 0 Å². The average molecular weight is 418 g/mol. The van der Waals surface area contributed by atoms with Crippen molar-refractivity contribution in [1.29, 1.82) is 0 Å². The van der Waals surface area contributed by atoms with Gasteiger partial charge in [0.2, 0.25) is 10.0 Å². The smallest absolute Gasteiger partial charge is 0.270 e. The Balaban J connectivity index is 2.10. The predicted octanol–water partition coefficient (Wildman–Crippen LogP) is 2.36. The monoisotopic (exact) mass is 418 g/mol. The minimum absolute atomic E-state index is 0.0571. The first-order valence-corrected chi connectivity index (χ1v) is 10.2. The molecule has 0 bridgehead atoms. The third kappa shape index (κ3) is 6.19. The number of nitrogens with zero attached hydrogens (tertiary/aromatic N) is 2. The van der Waals surface area contributed by atoms with E-state index in [4.69, 9.17) is 0 Å². The van der Waals surface area contributed by atoms with E-state index in [0.29, 0.717) is 5.56 Å². The Morgan fingerprint density at radius 1 is 1.17 bits per heavy atom. The van der Waals surface area contributed by atoms with Crippen molar-refractivity contribution in [3.63, 3.8) is 0 Å². The Morgan fingerprint density at radius 2 is 1.83 bits per heavy atom.